The van der Waals surface area contributed by atoms with E-state index >= 15 is 0 Å². The smallest absolute Gasteiger partial charge is 0.125 e. The summed E-state index contributed by atoms with van der Waals surface area (Å²) in [5, 5.41) is 14.2. The van der Waals surface area contributed by atoms with E-state index in [1.807, 2.05) is 18.3 Å². The minimum absolute atomic E-state index is 0.364. The highest BCUT2D eigenvalue weighted by Gasteiger charge is 2.07. The molecule has 1 heterocycles. The first-order chi connectivity index (χ1) is 8.18. The monoisotopic (exact) mass is 232 g/mol. The maximum absolute atomic E-state index is 9.85. The number of rotatable bonds is 5. The Labute approximate surface area is 102 Å². The number of benzene rings is 1. The average molecular weight is 232 g/mol. The topological polar surface area (TPSA) is 48.0 Å². The molecular formula is C14H20N2O. The number of fused-ring (bicyclic) bond motifs is 1. The van der Waals surface area contributed by atoms with Gasteiger partial charge in [0, 0.05) is 17.1 Å². The Morgan fingerprint density at radius 2 is 2.18 bits per heavy atom. The molecule has 0 amide bonds. The van der Waals surface area contributed by atoms with Gasteiger partial charge in [0.15, 0.2) is 0 Å². The van der Waals surface area contributed by atoms with Gasteiger partial charge in [-0.1, -0.05) is 19.9 Å². The van der Waals surface area contributed by atoms with Gasteiger partial charge in [0.25, 0.3) is 0 Å². The summed E-state index contributed by atoms with van der Waals surface area (Å²) in [6.07, 6.45) is 2.92. The SMILES string of the molecule is CC(C)CNCCc1c[nH]c2cccc(O)c12. The summed E-state index contributed by atoms with van der Waals surface area (Å²) in [7, 11) is 0. The van der Waals surface area contributed by atoms with E-state index in [9.17, 15) is 5.11 Å². The number of hydrogen-bond acceptors (Lipinski definition) is 2. The zero-order valence-corrected chi connectivity index (χ0v) is 10.5. The number of phenols is 1. The van der Waals surface area contributed by atoms with Gasteiger partial charge in [0.05, 0.1) is 0 Å². The number of aromatic amines is 1. The minimum Gasteiger partial charge on any atom is -0.507 e. The van der Waals surface area contributed by atoms with E-state index in [0.29, 0.717) is 11.7 Å². The first kappa shape index (κ1) is 12.0. The Balaban J connectivity index is 2.04. The van der Waals surface area contributed by atoms with Crippen molar-refractivity contribution < 1.29 is 5.11 Å². The van der Waals surface area contributed by atoms with Gasteiger partial charge in [0.1, 0.15) is 5.75 Å². The minimum atomic E-state index is 0.364. The van der Waals surface area contributed by atoms with Crippen molar-refractivity contribution in [1.82, 2.24) is 10.3 Å². The summed E-state index contributed by atoms with van der Waals surface area (Å²) in [5.74, 6) is 1.04. The second kappa shape index (κ2) is 5.23. The summed E-state index contributed by atoms with van der Waals surface area (Å²) in [6.45, 7) is 6.38. The number of aromatic nitrogens is 1. The fourth-order valence-corrected chi connectivity index (χ4v) is 2.05. The third-order valence-corrected chi connectivity index (χ3v) is 2.89. The molecule has 0 saturated heterocycles. The first-order valence-corrected chi connectivity index (χ1v) is 6.17. The van der Waals surface area contributed by atoms with Gasteiger partial charge in [-0.15, -0.1) is 0 Å². The van der Waals surface area contributed by atoms with Gasteiger partial charge in [0.2, 0.25) is 0 Å². The molecule has 0 bridgehead atoms. The number of H-pyrrole nitrogens is 1. The second-order valence-electron chi connectivity index (χ2n) is 4.86. The highest BCUT2D eigenvalue weighted by atomic mass is 16.3. The molecule has 92 valence electrons. The molecule has 0 saturated carbocycles. The van der Waals surface area contributed by atoms with Crippen molar-refractivity contribution in [3.05, 3.63) is 30.0 Å². The highest BCUT2D eigenvalue weighted by Crippen LogP contribution is 2.27. The molecule has 17 heavy (non-hydrogen) atoms. The van der Waals surface area contributed by atoms with Crippen LogP contribution < -0.4 is 5.32 Å². The maximum atomic E-state index is 9.85. The molecule has 0 aliphatic heterocycles. The van der Waals surface area contributed by atoms with Crippen LogP contribution in [-0.4, -0.2) is 23.2 Å². The Hall–Kier alpha value is -1.48. The molecule has 2 aromatic rings. The van der Waals surface area contributed by atoms with Gasteiger partial charge in [-0.2, -0.15) is 0 Å². The predicted octanol–water partition coefficient (Wildman–Crippen LogP) is 2.66. The van der Waals surface area contributed by atoms with Gasteiger partial charge < -0.3 is 15.4 Å². The Kier molecular flexibility index (Phi) is 3.69. The van der Waals surface area contributed by atoms with E-state index in [0.717, 1.165) is 30.4 Å². The van der Waals surface area contributed by atoms with Crippen molar-refractivity contribution in [2.45, 2.75) is 20.3 Å². The van der Waals surface area contributed by atoms with Crippen molar-refractivity contribution in [2.75, 3.05) is 13.1 Å². The van der Waals surface area contributed by atoms with E-state index in [1.165, 1.54) is 5.56 Å². The Bertz CT molecular complexity index is 488. The first-order valence-electron chi connectivity index (χ1n) is 6.17. The highest BCUT2D eigenvalue weighted by molar-refractivity contribution is 5.88. The summed E-state index contributed by atoms with van der Waals surface area (Å²) >= 11 is 0. The van der Waals surface area contributed by atoms with Gasteiger partial charge >= 0.3 is 0 Å². The van der Waals surface area contributed by atoms with Crippen LogP contribution in [0.1, 0.15) is 19.4 Å². The van der Waals surface area contributed by atoms with Crippen LogP contribution in [0.2, 0.25) is 0 Å². The molecule has 0 fully saturated rings. The number of nitrogens with one attached hydrogen (secondary N) is 2. The molecule has 1 aromatic heterocycles. The lowest BCUT2D eigenvalue weighted by molar-refractivity contribution is 0.481. The summed E-state index contributed by atoms with van der Waals surface area (Å²) in [5.41, 5.74) is 2.18. The normalized spacial score (nSPS) is 11.5. The van der Waals surface area contributed by atoms with Crippen LogP contribution in [0.3, 0.4) is 0 Å². The molecule has 3 nitrogen and oxygen atoms in total. The molecule has 0 unspecified atom stereocenters. The van der Waals surface area contributed by atoms with Gasteiger partial charge in [-0.3, -0.25) is 0 Å². The molecule has 0 atom stereocenters. The molecule has 0 spiro atoms. The van der Waals surface area contributed by atoms with Crippen LogP contribution >= 0.6 is 0 Å². The van der Waals surface area contributed by atoms with Gasteiger partial charge in [-0.05, 0) is 43.1 Å². The van der Waals surface area contributed by atoms with Crippen LogP contribution in [0, 0.1) is 5.92 Å². The lowest BCUT2D eigenvalue weighted by Crippen LogP contribution is -2.22. The van der Waals surface area contributed by atoms with Crippen LogP contribution in [-0.2, 0) is 6.42 Å². The molecule has 2 rings (SSSR count). The molecule has 0 aliphatic rings. The van der Waals surface area contributed by atoms with Crippen molar-refractivity contribution in [3.63, 3.8) is 0 Å². The third kappa shape index (κ3) is 2.80. The van der Waals surface area contributed by atoms with E-state index in [-0.39, 0.29) is 0 Å². The quantitative estimate of drug-likeness (QED) is 0.694. The van der Waals surface area contributed by atoms with Crippen LogP contribution in [0.5, 0.6) is 5.75 Å². The van der Waals surface area contributed by atoms with Crippen LogP contribution in [0.15, 0.2) is 24.4 Å². The maximum Gasteiger partial charge on any atom is 0.125 e. The standard InChI is InChI=1S/C14H20N2O/c1-10(2)8-15-7-6-11-9-16-12-4-3-5-13(17)14(11)12/h3-5,9-10,15-17H,6-8H2,1-2H3. The zero-order chi connectivity index (χ0) is 12.3. The van der Waals surface area contributed by atoms with Gasteiger partial charge in [-0.25, -0.2) is 0 Å². The molecular weight excluding hydrogens is 212 g/mol. The van der Waals surface area contributed by atoms with Crippen LogP contribution in [0.25, 0.3) is 10.9 Å². The molecule has 1 aromatic carbocycles. The molecule has 0 radical (unpaired) electrons. The zero-order valence-electron chi connectivity index (χ0n) is 10.5. The lowest BCUT2D eigenvalue weighted by Gasteiger charge is -2.06. The number of hydrogen-bond donors (Lipinski definition) is 3. The Morgan fingerprint density at radius 3 is 2.94 bits per heavy atom. The average Bonchev–Trinajstić information content (AvgIpc) is 2.69. The Morgan fingerprint density at radius 1 is 1.35 bits per heavy atom. The van der Waals surface area contributed by atoms with E-state index in [1.54, 1.807) is 6.07 Å². The van der Waals surface area contributed by atoms with Crippen molar-refractivity contribution in [3.8, 4) is 5.75 Å². The molecule has 3 N–H and O–H groups in total. The van der Waals surface area contributed by atoms with Crippen LogP contribution in [0.4, 0.5) is 0 Å². The number of phenolic OH excluding ortho intramolecular Hbond substituents is 1. The second-order valence-corrected chi connectivity index (χ2v) is 4.86. The van der Waals surface area contributed by atoms with Crippen molar-refractivity contribution in [2.24, 2.45) is 5.92 Å². The number of aromatic hydroxyl groups is 1. The summed E-state index contributed by atoms with van der Waals surface area (Å²) < 4.78 is 0. The van der Waals surface area contributed by atoms with Crippen molar-refractivity contribution >= 4 is 10.9 Å². The lowest BCUT2D eigenvalue weighted by atomic mass is 10.1. The van der Waals surface area contributed by atoms with E-state index in [2.05, 4.69) is 24.1 Å². The summed E-state index contributed by atoms with van der Waals surface area (Å²) in [6, 6.07) is 5.58. The largest absolute Gasteiger partial charge is 0.507 e. The molecule has 0 aliphatic carbocycles. The van der Waals surface area contributed by atoms with Crippen molar-refractivity contribution in [1.29, 1.82) is 0 Å². The van der Waals surface area contributed by atoms with E-state index < -0.39 is 0 Å². The fraction of sp³-hybridized carbons (Fsp3) is 0.429. The predicted molar refractivity (Wildman–Crippen MR) is 71.4 cm³/mol. The fourth-order valence-electron chi connectivity index (χ4n) is 2.05. The summed E-state index contributed by atoms with van der Waals surface area (Å²) in [4.78, 5) is 3.19. The molecule has 3 heteroatoms. The van der Waals surface area contributed by atoms with E-state index in [4.69, 9.17) is 0 Å². The third-order valence-electron chi connectivity index (χ3n) is 2.89.